The lowest BCUT2D eigenvalue weighted by atomic mass is 9.94. The zero-order chi connectivity index (χ0) is 22.9. The van der Waals surface area contributed by atoms with Crippen molar-refractivity contribution in [3.05, 3.63) is 76.9 Å². The molecule has 0 heterocycles. The van der Waals surface area contributed by atoms with Crippen LogP contribution in [0.15, 0.2) is 60.2 Å². The Morgan fingerprint density at radius 3 is 2.44 bits per heavy atom. The van der Waals surface area contributed by atoms with Crippen LogP contribution < -0.4 is 9.47 Å². The average molecular weight is 435 g/mol. The smallest absolute Gasteiger partial charge is 0.334 e. The Hall–Kier alpha value is -3.31. The van der Waals surface area contributed by atoms with Crippen molar-refractivity contribution in [2.75, 3.05) is 27.6 Å². The summed E-state index contributed by atoms with van der Waals surface area (Å²) in [5.74, 6) is 0.902. The monoisotopic (exact) mass is 434 g/mol. The number of esters is 1. The SMILES string of the molecule is CCOC(=O)/C(=C\c1cc(OC)c(OCOC)c2c(CC)cccc12)Cc1ccccc1. The number of ether oxygens (including phenoxy) is 4. The van der Waals surface area contributed by atoms with Crippen LogP contribution in [0.25, 0.3) is 16.8 Å². The van der Waals surface area contributed by atoms with Crippen LogP contribution in [0.4, 0.5) is 0 Å². The quantitative estimate of drug-likeness (QED) is 0.237. The summed E-state index contributed by atoms with van der Waals surface area (Å²) in [6.45, 7) is 4.34. The number of hydrogen-bond donors (Lipinski definition) is 0. The molecule has 0 atom stereocenters. The van der Waals surface area contributed by atoms with E-state index in [4.69, 9.17) is 18.9 Å². The summed E-state index contributed by atoms with van der Waals surface area (Å²) in [7, 11) is 3.20. The van der Waals surface area contributed by atoms with Gasteiger partial charge in [-0.25, -0.2) is 4.79 Å². The maximum atomic E-state index is 12.8. The van der Waals surface area contributed by atoms with Crippen LogP contribution in [0.3, 0.4) is 0 Å². The van der Waals surface area contributed by atoms with Gasteiger partial charge in [0.05, 0.1) is 13.7 Å². The molecular formula is C27H30O5. The summed E-state index contributed by atoms with van der Waals surface area (Å²) in [5.41, 5.74) is 3.62. The highest BCUT2D eigenvalue weighted by Crippen LogP contribution is 2.41. The van der Waals surface area contributed by atoms with Crippen LogP contribution in [0.1, 0.15) is 30.5 Å². The van der Waals surface area contributed by atoms with Crippen molar-refractivity contribution in [1.82, 2.24) is 0 Å². The Morgan fingerprint density at radius 1 is 1.00 bits per heavy atom. The van der Waals surface area contributed by atoms with E-state index in [1.807, 2.05) is 61.5 Å². The van der Waals surface area contributed by atoms with Crippen LogP contribution in [0, 0.1) is 0 Å². The number of hydrogen-bond acceptors (Lipinski definition) is 5. The Bertz CT molecular complexity index is 1090. The predicted octanol–water partition coefficient (Wildman–Crippen LogP) is 5.58. The highest BCUT2D eigenvalue weighted by molar-refractivity contribution is 6.03. The van der Waals surface area contributed by atoms with Gasteiger partial charge < -0.3 is 18.9 Å². The first kappa shape index (κ1) is 23.4. The van der Waals surface area contributed by atoms with Crippen molar-refractivity contribution in [3.63, 3.8) is 0 Å². The Kier molecular flexibility index (Phi) is 8.28. The molecule has 0 unspecified atom stereocenters. The van der Waals surface area contributed by atoms with Crippen LogP contribution in [-0.4, -0.2) is 33.6 Å². The number of benzene rings is 3. The molecule has 32 heavy (non-hydrogen) atoms. The van der Waals surface area contributed by atoms with E-state index in [-0.39, 0.29) is 12.8 Å². The van der Waals surface area contributed by atoms with Gasteiger partial charge in [0.15, 0.2) is 18.3 Å². The fourth-order valence-electron chi connectivity index (χ4n) is 3.75. The molecule has 0 spiro atoms. The summed E-state index contributed by atoms with van der Waals surface area (Å²) < 4.78 is 22.1. The first-order chi connectivity index (χ1) is 15.6. The fraction of sp³-hybridized carbons (Fsp3) is 0.296. The molecule has 5 nitrogen and oxygen atoms in total. The minimum Gasteiger partial charge on any atom is -0.493 e. The second-order valence-electron chi connectivity index (χ2n) is 7.29. The molecule has 0 saturated carbocycles. The zero-order valence-electron chi connectivity index (χ0n) is 19.1. The van der Waals surface area contributed by atoms with Gasteiger partial charge in [-0.15, -0.1) is 0 Å². The molecule has 3 aromatic rings. The summed E-state index contributed by atoms with van der Waals surface area (Å²) in [6, 6.07) is 17.9. The Balaban J connectivity index is 2.22. The third kappa shape index (κ3) is 5.29. The molecule has 3 rings (SSSR count). The number of rotatable bonds is 10. The maximum absolute atomic E-state index is 12.8. The topological polar surface area (TPSA) is 54.0 Å². The van der Waals surface area contributed by atoms with E-state index in [0.717, 1.165) is 33.9 Å². The third-order valence-electron chi connectivity index (χ3n) is 5.23. The van der Waals surface area contributed by atoms with Gasteiger partial charge in [0.1, 0.15) is 0 Å². The lowest BCUT2D eigenvalue weighted by Crippen LogP contribution is -2.10. The van der Waals surface area contributed by atoms with Crippen molar-refractivity contribution in [3.8, 4) is 11.5 Å². The van der Waals surface area contributed by atoms with Gasteiger partial charge in [-0.1, -0.05) is 55.5 Å². The standard InChI is InChI=1S/C27H30O5/c1-5-20-13-10-14-23-21(17-24(30-4)26(25(20)23)32-18-29-3)16-22(27(28)31-6-2)15-19-11-8-7-9-12-19/h7-14,16-17H,5-6,15,18H2,1-4H3/b22-16-. The van der Waals surface area contributed by atoms with Crippen molar-refractivity contribution < 1.29 is 23.7 Å². The van der Waals surface area contributed by atoms with Crippen LogP contribution in [0.2, 0.25) is 0 Å². The first-order valence-electron chi connectivity index (χ1n) is 10.8. The number of aryl methyl sites for hydroxylation is 1. The van der Waals surface area contributed by atoms with Crippen LogP contribution in [0.5, 0.6) is 11.5 Å². The first-order valence-corrected chi connectivity index (χ1v) is 10.8. The molecule has 0 aromatic heterocycles. The molecule has 168 valence electrons. The average Bonchev–Trinajstić information content (AvgIpc) is 2.83. The molecule has 0 amide bonds. The van der Waals surface area contributed by atoms with Gasteiger partial charge in [0.25, 0.3) is 0 Å². The van der Waals surface area contributed by atoms with Crippen LogP contribution in [-0.2, 0) is 27.1 Å². The van der Waals surface area contributed by atoms with Gasteiger partial charge in [0.2, 0.25) is 0 Å². The predicted molar refractivity (Wildman–Crippen MR) is 127 cm³/mol. The molecule has 0 fully saturated rings. The highest BCUT2D eigenvalue weighted by Gasteiger charge is 2.18. The van der Waals surface area contributed by atoms with Gasteiger partial charge in [0, 0.05) is 24.5 Å². The second kappa shape index (κ2) is 11.3. The molecule has 0 aliphatic rings. The van der Waals surface area contributed by atoms with E-state index in [9.17, 15) is 4.79 Å². The van der Waals surface area contributed by atoms with Crippen molar-refractivity contribution in [2.24, 2.45) is 0 Å². The lowest BCUT2D eigenvalue weighted by molar-refractivity contribution is -0.138. The van der Waals surface area contributed by atoms with Gasteiger partial charge in [-0.2, -0.15) is 0 Å². The number of fused-ring (bicyclic) bond motifs is 1. The molecule has 5 heteroatoms. The van der Waals surface area contributed by atoms with Gasteiger partial charge in [-0.05, 0) is 47.6 Å². The van der Waals surface area contributed by atoms with Gasteiger partial charge in [-0.3, -0.25) is 0 Å². The maximum Gasteiger partial charge on any atom is 0.334 e. The van der Waals surface area contributed by atoms with Gasteiger partial charge >= 0.3 is 5.97 Å². The second-order valence-corrected chi connectivity index (χ2v) is 7.29. The summed E-state index contributed by atoms with van der Waals surface area (Å²) >= 11 is 0. The molecule has 0 saturated heterocycles. The Labute approximate surface area is 189 Å². The van der Waals surface area contributed by atoms with Crippen molar-refractivity contribution in [2.45, 2.75) is 26.7 Å². The van der Waals surface area contributed by atoms with E-state index < -0.39 is 0 Å². The fourth-order valence-corrected chi connectivity index (χ4v) is 3.75. The molecule has 0 aliphatic heterocycles. The van der Waals surface area contributed by atoms with E-state index in [1.54, 1.807) is 14.2 Å². The Morgan fingerprint density at radius 2 is 1.78 bits per heavy atom. The number of carbonyl (C=O) groups excluding carboxylic acids is 1. The molecule has 3 aromatic carbocycles. The minimum absolute atomic E-state index is 0.112. The van der Waals surface area contributed by atoms with Crippen molar-refractivity contribution in [1.29, 1.82) is 0 Å². The van der Waals surface area contributed by atoms with E-state index in [2.05, 4.69) is 13.0 Å². The molecule has 0 bridgehead atoms. The molecule has 0 radical (unpaired) electrons. The summed E-state index contributed by atoms with van der Waals surface area (Å²) in [6.07, 6.45) is 3.19. The number of carbonyl (C=O) groups is 1. The summed E-state index contributed by atoms with van der Waals surface area (Å²) in [5, 5.41) is 1.94. The lowest BCUT2D eigenvalue weighted by Gasteiger charge is -2.18. The van der Waals surface area contributed by atoms with E-state index in [1.165, 1.54) is 0 Å². The van der Waals surface area contributed by atoms with E-state index >= 15 is 0 Å². The molecule has 0 N–H and O–H groups in total. The summed E-state index contributed by atoms with van der Waals surface area (Å²) in [4.78, 5) is 12.8. The minimum atomic E-state index is -0.324. The van der Waals surface area contributed by atoms with Crippen LogP contribution >= 0.6 is 0 Å². The molecular weight excluding hydrogens is 404 g/mol. The number of methoxy groups -OCH3 is 2. The van der Waals surface area contributed by atoms with Crippen molar-refractivity contribution >= 4 is 22.8 Å². The third-order valence-corrected chi connectivity index (χ3v) is 5.23. The zero-order valence-corrected chi connectivity index (χ0v) is 19.1. The highest BCUT2D eigenvalue weighted by atomic mass is 16.7. The largest absolute Gasteiger partial charge is 0.493 e. The normalized spacial score (nSPS) is 11.4. The van der Waals surface area contributed by atoms with E-state index in [0.29, 0.717) is 30.1 Å². The molecule has 0 aliphatic carbocycles.